The number of nitrogens with zero attached hydrogens (tertiary/aromatic N) is 4. The van der Waals surface area contributed by atoms with E-state index in [0.29, 0.717) is 0 Å². The smallest absolute Gasteiger partial charge is 0.181 e. The third-order valence-electron chi connectivity index (χ3n) is 3.98. The number of aromatic nitrogens is 2. The Morgan fingerprint density at radius 2 is 2.00 bits per heavy atom. The third kappa shape index (κ3) is 3.04. The number of pyridine rings is 1. The molecule has 24 heavy (non-hydrogen) atoms. The number of fused-ring (bicyclic) bond motifs is 1. The number of benzene rings is 1. The maximum absolute atomic E-state index is 5.27. The van der Waals surface area contributed by atoms with Crippen molar-refractivity contribution in [2.45, 2.75) is 13.1 Å². The van der Waals surface area contributed by atoms with Crippen molar-refractivity contribution in [2.75, 3.05) is 12.5 Å². The topological polar surface area (TPSA) is 66.6 Å². The second kappa shape index (κ2) is 6.25. The fourth-order valence-corrected chi connectivity index (χ4v) is 2.78. The molecule has 1 N–H and O–H groups in total. The number of oxazole rings is 1. The highest BCUT2D eigenvalue weighted by molar-refractivity contribution is 5.78. The SMILES string of the molecule is CN1Cc2cnc(/C=N/Nc3ccc(-c4cnco4)cc3)cc2C1. The highest BCUT2D eigenvalue weighted by atomic mass is 16.3. The predicted molar refractivity (Wildman–Crippen MR) is 92.6 cm³/mol. The summed E-state index contributed by atoms with van der Waals surface area (Å²) in [7, 11) is 2.11. The summed E-state index contributed by atoms with van der Waals surface area (Å²) in [6.45, 7) is 1.94. The number of hydrogen-bond acceptors (Lipinski definition) is 6. The molecule has 4 rings (SSSR count). The Bertz CT molecular complexity index is 856. The molecule has 6 heteroatoms. The van der Waals surface area contributed by atoms with E-state index in [9.17, 15) is 0 Å². The predicted octanol–water partition coefficient (Wildman–Crippen LogP) is 3.13. The molecular weight excluding hydrogens is 302 g/mol. The molecule has 1 aromatic carbocycles. The number of hydrazone groups is 1. The highest BCUT2D eigenvalue weighted by Crippen LogP contribution is 2.21. The van der Waals surface area contributed by atoms with Crippen molar-refractivity contribution < 1.29 is 4.42 Å². The summed E-state index contributed by atoms with van der Waals surface area (Å²) in [5.74, 6) is 0.748. The fraction of sp³-hybridized carbons (Fsp3) is 0.167. The molecule has 0 fully saturated rings. The molecule has 1 aliphatic heterocycles. The van der Waals surface area contributed by atoms with Crippen LogP contribution in [0.4, 0.5) is 5.69 Å². The average Bonchev–Trinajstić information content (AvgIpc) is 3.24. The molecule has 0 radical (unpaired) electrons. The van der Waals surface area contributed by atoms with Gasteiger partial charge in [0.2, 0.25) is 0 Å². The molecule has 0 saturated carbocycles. The van der Waals surface area contributed by atoms with Crippen LogP contribution >= 0.6 is 0 Å². The summed E-state index contributed by atoms with van der Waals surface area (Å²) in [6, 6.07) is 9.90. The van der Waals surface area contributed by atoms with E-state index in [2.05, 4.69) is 38.5 Å². The number of anilines is 1. The lowest BCUT2D eigenvalue weighted by Gasteiger charge is -2.02. The Balaban J connectivity index is 1.41. The lowest BCUT2D eigenvalue weighted by molar-refractivity contribution is 0.353. The van der Waals surface area contributed by atoms with E-state index in [1.807, 2.05) is 30.5 Å². The summed E-state index contributed by atoms with van der Waals surface area (Å²) in [4.78, 5) is 10.6. The molecule has 3 heterocycles. The van der Waals surface area contributed by atoms with Crippen molar-refractivity contribution in [2.24, 2.45) is 5.10 Å². The van der Waals surface area contributed by atoms with E-state index < -0.39 is 0 Å². The minimum Gasteiger partial charge on any atom is -0.444 e. The summed E-state index contributed by atoms with van der Waals surface area (Å²) in [6.07, 6.45) is 6.79. The van der Waals surface area contributed by atoms with Crippen LogP contribution in [-0.2, 0) is 13.1 Å². The number of nitrogens with one attached hydrogen (secondary N) is 1. The normalized spacial score (nSPS) is 14.2. The molecule has 1 aliphatic rings. The van der Waals surface area contributed by atoms with Crippen LogP contribution in [0, 0.1) is 0 Å². The van der Waals surface area contributed by atoms with Gasteiger partial charge in [-0.25, -0.2) is 4.98 Å². The second-order valence-corrected chi connectivity index (χ2v) is 5.86. The standard InChI is InChI=1S/C18H17N5O/c1-23-10-14-6-17(20-7-15(14)11-23)8-21-22-16-4-2-13(3-5-16)18-9-19-12-24-18/h2-9,12,22H,10-11H2,1H3/b21-8+. The van der Waals surface area contributed by atoms with Gasteiger partial charge in [-0.3, -0.25) is 15.3 Å². The third-order valence-corrected chi connectivity index (χ3v) is 3.98. The summed E-state index contributed by atoms with van der Waals surface area (Å²) in [5, 5.41) is 4.26. The second-order valence-electron chi connectivity index (χ2n) is 5.86. The quantitative estimate of drug-likeness (QED) is 0.591. The van der Waals surface area contributed by atoms with Gasteiger partial charge in [0, 0.05) is 24.8 Å². The van der Waals surface area contributed by atoms with Gasteiger partial charge in [0.25, 0.3) is 0 Å². The first-order valence-electron chi connectivity index (χ1n) is 7.72. The molecule has 6 nitrogen and oxygen atoms in total. The molecular formula is C18H17N5O. The van der Waals surface area contributed by atoms with Crippen molar-refractivity contribution in [1.82, 2.24) is 14.9 Å². The van der Waals surface area contributed by atoms with Gasteiger partial charge in [-0.05, 0) is 48.5 Å². The molecule has 0 atom stereocenters. The molecule has 2 aromatic heterocycles. The van der Waals surface area contributed by atoms with E-state index in [1.54, 1.807) is 12.4 Å². The van der Waals surface area contributed by atoms with Gasteiger partial charge < -0.3 is 4.42 Å². The van der Waals surface area contributed by atoms with Gasteiger partial charge in [-0.2, -0.15) is 5.10 Å². The zero-order valence-corrected chi connectivity index (χ0v) is 13.3. The zero-order valence-electron chi connectivity index (χ0n) is 13.3. The minimum atomic E-state index is 0.748. The van der Waals surface area contributed by atoms with Crippen molar-refractivity contribution in [3.05, 3.63) is 65.9 Å². The molecule has 0 aliphatic carbocycles. The van der Waals surface area contributed by atoms with Gasteiger partial charge in [0.1, 0.15) is 0 Å². The Kier molecular flexibility index (Phi) is 3.80. The lowest BCUT2D eigenvalue weighted by Crippen LogP contribution is -2.07. The molecule has 0 amide bonds. The summed E-state index contributed by atoms with van der Waals surface area (Å²) < 4.78 is 5.27. The summed E-state index contributed by atoms with van der Waals surface area (Å²) in [5.41, 5.74) is 8.37. The lowest BCUT2D eigenvalue weighted by atomic mass is 10.1. The first kappa shape index (κ1) is 14.6. The van der Waals surface area contributed by atoms with E-state index >= 15 is 0 Å². The van der Waals surface area contributed by atoms with Crippen molar-refractivity contribution in [3.63, 3.8) is 0 Å². The summed E-state index contributed by atoms with van der Waals surface area (Å²) >= 11 is 0. The number of rotatable bonds is 4. The van der Waals surface area contributed by atoms with Crippen molar-refractivity contribution >= 4 is 11.9 Å². The van der Waals surface area contributed by atoms with Gasteiger partial charge in [-0.1, -0.05) is 0 Å². The Morgan fingerprint density at radius 3 is 2.79 bits per heavy atom. The minimum absolute atomic E-state index is 0.748. The van der Waals surface area contributed by atoms with Crippen LogP contribution in [0.3, 0.4) is 0 Å². The van der Waals surface area contributed by atoms with Gasteiger partial charge >= 0.3 is 0 Å². The molecule has 0 saturated heterocycles. The Labute approximate surface area is 139 Å². The van der Waals surface area contributed by atoms with E-state index in [-0.39, 0.29) is 0 Å². The highest BCUT2D eigenvalue weighted by Gasteiger charge is 2.15. The molecule has 3 aromatic rings. The van der Waals surface area contributed by atoms with Crippen LogP contribution in [0.1, 0.15) is 16.8 Å². The molecule has 0 spiro atoms. The van der Waals surface area contributed by atoms with Crippen LogP contribution in [-0.4, -0.2) is 28.1 Å². The van der Waals surface area contributed by atoms with Gasteiger partial charge in [0.15, 0.2) is 12.2 Å². The Hall–Kier alpha value is -2.99. The average molecular weight is 319 g/mol. The molecule has 0 bridgehead atoms. The van der Waals surface area contributed by atoms with Gasteiger partial charge in [-0.15, -0.1) is 0 Å². The fourth-order valence-electron chi connectivity index (χ4n) is 2.78. The maximum Gasteiger partial charge on any atom is 0.181 e. The van der Waals surface area contributed by atoms with E-state index in [0.717, 1.165) is 35.8 Å². The van der Waals surface area contributed by atoms with Gasteiger partial charge in [0.05, 0.1) is 23.8 Å². The zero-order chi connectivity index (χ0) is 16.4. The maximum atomic E-state index is 5.27. The molecule has 120 valence electrons. The van der Waals surface area contributed by atoms with Crippen LogP contribution in [0.5, 0.6) is 0 Å². The first-order valence-corrected chi connectivity index (χ1v) is 7.72. The largest absolute Gasteiger partial charge is 0.444 e. The number of hydrogen-bond donors (Lipinski definition) is 1. The van der Waals surface area contributed by atoms with Crippen LogP contribution in [0.15, 0.2) is 58.6 Å². The van der Waals surface area contributed by atoms with Crippen LogP contribution in [0.25, 0.3) is 11.3 Å². The molecule has 0 unspecified atom stereocenters. The van der Waals surface area contributed by atoms with E-state index in [1.165, 1.54) is 17.5 Å². The van der Waals surface area contributed by atoms with E-state index in [4.69, 9.17) is 4.42 Å². The van der Waals surface area contributed by atoms with Crippen LogP contribution < -0.4 is 5.43 Å². The monoisotopic (exact) mass is 319 g/mol. The first-order chi connectivity index (χ1) is 11.8. The van der Waals surface area contributed by atoms with Crippen molar-refractivity contribution in [3.8, 4) is 11.3 Å². The van der Waals surface area contributed by atoms with Crippen molar-refractivity contribution in [1.29, 1.82) is 0 Å². The van der Waals surface area contributed by atoms with Crippen LogP contribution in [0.2, 0.25) is 0 Å². The Morgan fingerprint density at radius 1 is 1.17 bits per heavy atom.